The van der Waals surface area contributed by atoms with E-state index >= 15 is 0 Å². The smallest absolute Gasteiger partial charge is 0.491 e. The lowest BCUT2D eigenvalue weighted by molar-refractivity contribution is -0.0500. The summed E-state index contributed by atoms with van der Waals surface area (Å²) in [4.78, 5) is 12.0. The van der Waals surface area contributed by atoms with Gasteiger partial charge in [-0.3, -0.25) is 0 Å². The summed E-state index contributed by atoms with van der Waals surface area (Å²) >= 11 is 0. The number of amides is 1. The summed E-state index contributed by atoms with van der Waals surface area (Å²) in [5, 5.41) is 2.70. The van der Waals surface area contributed by atoms with Crippen LogP contribution in [0.5, 0.6) is 11.5 Å². The molecule has 2 aromatic rings. The lowest BCUT2D eigenvalue weighted by atomic mass is 9.84. The SMILES string of the molecule is CCOC(=O)N[C@@H]1COc2ccc(OS(=O)(=O)C(F)(F)F)cc2[C@@H]1Cc1ccccc1. The van der Waals surface area contributed by atoms with Gasteiger partial charge in [0.2, 0.25) is 0 Å². The van der Waals surface area contributed by atoms with Crippen LogP contribution < -0.4 is 14.2 Å². The van der Waals surface area contributed by atoms with Gasteiger partial charge < -0.3 is 19.0 Å². The minimum atomic E-state index is -5.82. The van der Waals surface area contributed by atoms with Crippen LogP contribution in [0.15, 0.2) is 48.5 Å². The fourth-order valence-corrected chi connectivity index (χ4v) is 3.72. The van der Waals surface area contributed by atoms with Gasteiger partial charge in [-0.2, -0.15) is 21.6 Å². The second kappa shape index (κ2) is 9.04. The first kappa shape index (κ1) is 22.7. The second-order valence-electron chi connectivity index (χ2n) is 6.76. The van der Waals surface area contributed by atoms with Crippen LogP contribution in [0.25, 0.3) is 0 Å². The average Bonchev–Trinajstić information content (AvgIpc) is 2.69. The zero-order chi connectivity index (χ0) is 22.6. The number of carbonyl (C=O) groups is 1. The Bertz CT molecular complexity index is 1030. The molecule has 0 bridgehead atoms. The monoisotopic (exact) mass is 459 g/mol. The zero-order valence-corrected chi connectivity index (χ0v) is 17.2. The van der Waals surface area contributed by atoms with Gasteiger partial charge in [0, 0.05) is 11.5 Å². The van der Waals surface area contributed by atoms with Crippen molar-refractivity contribution in [3.05, 3.63) is 59.7 Å². The summed E-state index contributed by atoms with van der Waals surface area (Å²) in [6, 6.07) is 12.3. The molecule has 0 fully saturated rings. The Kier molecular flexibility index (Phi) is 6.63. The summed E-state index contributed by atoms with van der Waals surface area (Å²) < 4.78 is 75.7. The van der Waals surface area contributed by atoms with Crippen LogP contribution in [0.4, 0.5) is 18.0 Å². The number of nitrogens with one attached hydrogen (secondary N) is 1. The highest BCUT2D eigenvalue weighted by Gasteiger charge is 2.48. The topological polar surface area (TPSA) is 90.9 Å². The molecule has 0 radical (unpaired) electrons. The fraction of sp³-hybridized carbons (Fsp3) is 0.350. The molecule has 3 rings (SSSR count). The highest BCUT2D eigenvalue weighted by molar-refractivity contribution is 7.88. The molecule has 1 N–H and O–H groups in total. The van der Waals surface area contributed by atoms with E-state index in [0.717, 1.165) is 11.6 Å². The Morgan fingerprint density at radius 1 is 1.19 bits per heavy atom. The highest BCUT2D eigenvalue weighted by Crippen LogP contribution is 2.39. The van der Waals surface area contributed by atoms with E-state index in [9.17, 15) is 26.4 Å². The number of rotatable bonds is 6. The standard InChI is InChI=1S/C20H20F3NO6S/c1-2-28-19(25)24-17-12-29-18-9-8-14(30-31(26,27)20(21,22)23)11-16(18)15(17)10-13-6-4-3-5-7-13/h3-9,11,15,17H,2,10,12H2,1H3,(H,24,25)/t15-,17+/m0/s1. The number of hydrogen-bond acceptors (Lipinski definition) is 6. The van der Waals surface area contributed by atoms with Gasteiger partial charge in [0.05, 0.1) is 12.6 Å². The third kappa shape index (κ3) is 5.40. The van der Waals surface area contributed by atoms with E-state index in [-0.39, 0.29) is 13.2 Å². The Balaban J connectivity index is 1.95. The Morgan fingerprint density at radius 3 is 2.55 bits per heavy atom. The van der Waals surface area contributed by atoms with Crippen LogP contribution in [0.3, 0.4) is 0 Å². The summed E-state index contributed by atoms with van der Waals surface area (Å²) in [5.74, 6) is -0.582. The number of ether oxygens (including phenoxy) is 2. The Labute approximate surface area is 177 Å². The van der Waals surface area contributed by atoms with Crippen molar-refractivity contribution in [2.45, 2.75) is 30.8 Å². The molecule has 0 aliphatic carbocycles. The van der Waals surface area contributed by atoms with E-state index in [1.807, 2.05) is 30.3 Å². The molecule has 1 heterocycles. The number of carbonyl (C=O) groups excluding carboxylic acids is 1. The van der Waals surface area contributed by atoms with Gasteiger partial charge in [-0.25, -0.2) is 4.79 Å². The van der Waals surface area contributed by atoms with Crippen LogP contribution >= 0.6 is 0 Å². The molecule has 31 heavy (non-hydrogen) atoms. The summed E-state index contributed by atoms with van der Waals surface area (Å²) in [5.41, 5.74) is -4.24. The summed E-state index contributed by atoms with van der Waals surface area (Å²) in [6.45, 7) is 1.91. The zero-order valence-electron chi connectivity index (χ0n) is 16.4. The van der Waals surface area contributed by atoms with Crippen LogP contribution in [0, 0.1) is 0 Å². The molecular formula is C20H20F3NO6S. The van der Waals surface area contributed by atoms with Crippen molar-refractivity contribution < 1.29 is 40.0 Å². The summed E-state index contributed by atoms with van der Waals surface area (Å²) in [6.07, 6.45) is -0.256. The van der Waals surface area contributed by atoms with Crippen molar-refractivity contribution in [2.24, 2.45) is 0 Å². The Morgan fingerprint density at radius 2 is 1.90 bits per heavy atom. The van der Waals surface area contributed by atoms with E-state index in [4.69, 9.17) is 9.47 Å². The van der Waals surface area contributed by atoms with Crippen molar-refractivity contribution >= 4 is 16.2 Å². The van der Waals surface area contributed by atoms with Crippen LogP contribution in [-0.2, 0) is 21.3 Å². The molecule has 0 aromatic heterocycles. The molecule has 2 aromatic carbocycles. The van der Waals surface area contributed by atoms with Crippen LogP contribution in [0.1, 0.15) is 24.0 Å². The number of hydrogen-bond donors (Lipinski definition) is 1. The minimum absolute atomic E-state index is 0.102. The molecule has 0 unspecified atom stereocenters. The van der Waals surface area contributed by atoms with E-state index in [2.05, 4.69) is 9.50 Å². The van der Waals surface area contributed by atoms with Crippen molar-refractivity contribution in [3.8, 4) is 11.5 Å². The maximum atomic E-state index is 12.7. The number of fused-ring (bicyclic) bond motifs is 1. The molecule has 11 heteroatoms. The van der Waals surface area contributed by atoms with E-state index < -0.39 is 39.4 Å². The van der Waals surface area contributed by atoms with Gasteiger partial charge in [-0.15, -0.1) is 0 Å². The van der Waals surface area contributed by atoms with Crippen molar-refractivity contribution in [1.82, 2.24) is 5.32 Å². The van der Waals surface area contributed by atoms with Crippen molar-refractivity contribution in [3.63, 3.8) is 0 Å². The van der Waals surface area contributed by atoms with E-state index in [1.165, 1.54) is 12.1 Å². The third-order valence-electron chi connectivity index (χ3n) is 4.65. The number of benzene rings is 2. The first-order valence-corrected chi connectivity index (χ1v) is 10.8. The molecule has 1 aliphatic heterocycles. The molecular weight excluding hydrogens is 439 g/mol. The molecule has 0 saturated carbocycles. The molecule has 168 valence electrons. The second-order valence-corrected chi connectivity index (χ2v) is 8.30. The molecule has 2 atom stereocenters. The van der Waals surface area contributed by atoms with Gasteiger partial charge in [-0.1, -0.05) is 30.3 Å². The molecule has 7 nitrogen and oxygen atoms in total. The molecule has 1 amide bonds. The van der Waals surface area contributed by atoms with E-state index in [0.29, 0.717) is 17.7 Å². The minimum Gasteiger partial charge on any atom is -0.491 e. The Hall–Kier alpha value is -2.95. The molecule has 1 aliphatic rings. The predicted octanol–water partition coefficient (Wildman–Crippen LogP) is 3.75. The van der Waals surface area contributed by atoms with Gasteiger partial charge in [0.15, 0.2) is 0 Å². The van der Waals surface area contributed by atoms with Gasteiger partial charge in [0.25, 0.3) is 0 Å². The lowest BCUT2D eigenvalue weighted by Gasteiger charge is -2.34. The maximum absolute atomic E-state index is 12.7. The van der Waals surface area contributed by atoms with Gasteiger partial charge >= 0.3 is 21.7 Å². The number of halogens is 3. The summed E-state index contributed by atoms with van der Waals surface area (Å²) in [7, 11) is -5.82. The fourth-order valence-electron chi connectivity index (χ4n) is 3.27. The maximum Gasteiger partial charge on any atom is 0.534 e. The predicted molar refractivity (Wildman–Crippen MR) is 104 cm³/mol. The normalized spacial score (nSPS) is 18.5. The molecule has 0 spiro atoms. The van der Waals surface area contributed by atoms with E-state index in [1.54, 1.807) is 6.92 Å². The average molecular weight is 459 g/mol. The lowest BCUT2D eigenvalue weighted by Crippen LogP contribution is -2.46. The quantitative estimate of drug-likeness (QED) is 0.523. The number of alkyl carbamates (subject to hydrolysis) is 1. The third-order valence-corrected chi connectivity index (χ3v) is 5.63. The van der Waals surface area contributed by atoms with Crippen LogP contribution in [-0.4, -0.2) is 39.3 Å². The molecule has 0 saturated heterocycles. The van der Waals surface area contributed by atoms with Gasteiger partial charge in [0.1, 0.15) is 18.1 Å². The first-order valence-electron chi connectivity index (χ1n) is 9.35. The number of alkyl halides is 3. The largest absolute Gasteiger partial charge is 0.534 e. The van der Waals surface area contributed by atoms with Crippen molar-refractivity contribution in [2.75, 3.05) is 13.2 Å². The van der Waals surface area contributed by atoms with Crippen LogP contribution in [0.2, 0.25) is 0 Å². The highest BCUT2D eigenvalue weighted by atomic mass is 32.2. The van der Waals surface area contributed by atoms with Crippen molar-refractivity contribution in [1.29, 1.82) is 0 Å². The van der Waals surface area contributed by atoms with Gasteiger partial charge in [-0.05, 0) is 37.1 Å². The first-order chi connectivity index (χ1) is 14.6.